The van der Waals surface area contributed by atoms with Crippen LogP contribution in [0.15, 0.2) is 42.5 Å². The molecule has 1 aromatic carbocycles. The van der Waals surface area contributed by atoms with Crippen molar-refractivity contribution < 1.29 is 14.6 Å². The quantitative estimate of drug-likeness (QED) is 0.806. The topological polar surface area (TPSA) is 75.5 Å². The Morgan fingerprint density at radius 3 is 2.52 bits per heavy atom. The number of aromatic nitrogens is 2. The third-order valence-corrected chi connectivity index (χ3v) is 2.96. The van der Waals surface area contributed by atoms with Crippen molar-refractivity contribution in [3.63, 3.8) is 0 Å². The Morgan fingerprint density at radius 1 is 1.19 bits per heavy atom. The Labute approximate surface area is 123 Å². The number of rotatable bonds is 6. The number of anilines is 1. The zero-order valence-electron chi connectivity index (χ0n) is 11.8. The number of hydrogen-bond donors (Lipinski definition) is 1. The molecule has 0 saturated heterocycles. The van der Waals surface area contributed by atoms with Gasteiger partial charge in [0.15, 0.2) is 11.5 Å². The van der Waals surface area contributed by atoms with E-state index in [1.54, 1.807) is 12.1 Å². The van der Waals surface area contributed by atoms with Gasteiger partial charge in [-0.2, -0.15) is 0 Å². The van der Waals surface area contributed by atoms with Crippen molar-refractivity contribution in [2.75, 3.05) is 25.2 Å². The van der Waals surface area contributed by atoms with Crippen LogP contribution in [0.3, 0.4) is 0 Å². The zero-order chi connectivity index (χ0) is 15.1. The molecule has 0 unspecified atom stereocenters. The smallest absolute Gasteiger partial charge is 0.358 e. The molecule has 6 heteroatoms. The van der Waals surface area contributed by atoms with Gasteiger partial charge >= 0.3 is 5.97 Å². The molecule has 0 fully saturated rings. The van der Waals surface area contributed by atoms with Crippen LogP contribution in [0.2, 0.25) is 0 Å². The predicted molar refractivity (Wildman–Crippen MR) is 77.9 cm³/mol. The Hall–Kier alpha value is -2.47. The Morgan fingerprint density at radius 2 is 1.95 bits per heavy atom. The van der Waals surface area contributed by atoms with E-state index in [-0.39, 0.29) is 12.3 Å². The van der Waals surface area contributed by atoms with Crippen LogP contribution in [-0.2, 0) is 11.3 Å². The average molecular weight is 287 g/mol. The SMILES string of the molecule is COC(=O)c1ccc(N(CCO)Cc2ccccc2)nn1. The van der Waals surface area contributed by atoms with E-state index in [1.165, 1.54) is 7.11 Å². The monoisotopic (exact) mass is 287 g/mol. The molecule has 0 radical (unpaired) electrons. The summed E-state index contributed by atoms with van der Waals surface area (Å²) in [6, 6.07) is 13.1. The molecule has 110 valence electrons. The number of aliphatic hydroxyl groups excluding tert-OH is 1. The molecule has 2 aromatic rings. The Kier molecular flexibility index (Phi) is 5.22. The van der Waals surface area contributed by atoms with E-state index in [0.29, 0.717) is 18.9 Å². The summed E-state index contributed by atoms with van der Waals surface area (Å²) >= 11 is 0. The number of carbonyl (C=O) groups is 1. The number of carbonyl (C=O) groups excluding carboxylic acids is 1. The molecule has 6 nitrogen and oxygen atoms in total. The number of benzene rings is 1. The highest BCUT2D eigenvalue weighted by atomic mass is 16.5. The Balaban J connectivity index is 2.16. The molecule has 1 heterocycles. The van der Waals surface area contributed by atoms with E-state index in [2.05, 4.69) is 14.9 Å². The molecule has 1 aromatic heterocycles. The maximum Gasteiger partial charge on any atom is 0.358 e. The fourth-order valence-electron chi connectivity index (χ4n) is 1.91. The highest BCUT2D eigenvalue weighted by molar-refractivity contribution is 5.86. The second kappa shape index (κ2) is 7.35. The number of ether oxygens (including phenoxy) is 1. The van der Waals surface area contributed by atoms with Gasteiger partial charge in [0.05, 0.1) is 13.7 Å². The number of esters is 1. The first kappa shape index (κ1) is 14.9. The first-order valence-corrected chi connectivity index (χ1v) is 6.56. The highest BCUT2D eigenvalue weighted by Crippen LogP contribution is 2.14. The van der Waals surface area contributed by atoms with Gasteiger partial charge in [-0.05, 0) is 17.7 Å². The van der Waals surface area contributed by atoms with E-state index in [0.717, 1.165) is 5.56 Å². The van der Waals surface area contributed by atoms with Gasteiger partial charge in [0.1, 0.15) is 0 Å². The van der Waals surface area contributed by atoms with Crippen LogP contribution >= 0.6 is 0 Å². The average Bonchev–Trinajstić information content (AvgIpc) is 2.55. The molecular weight excluding hydrogens is 270 g/mol. The first-order chi connectivity index (χ1) is 10.2. The third kappa shape index (κ3) is 4.00. The van der Waals surface area contributed by atoms with Crippen LogP contribution in [0.4, 0.5) is 5.82 Å². The first-order valence-electron chi connectivity index (χ1n) is 6.56. The molecule has 21 heavy (non-hydrogen) atoms. The zero-order valence-corrected chi connectivity index (χ0v) is 11.8. The summed E-state index contributed by atoms with van der Waals surface area (Å²) in [6.07, 6.45) is 0. The lowest BCUT2D eigenvalue weighted by Crippen LogP contribution is -2.27. The molecule has 0 aliphatic carbocycles. The van der Waals surface area contributed by atoms with Crippen molar-refractivity contribution in [3.05, 3.63) is 53.7 Å². The fourth-order valence-corrected chi connectivity index (χ4v) is 1.91. The van der Waals surface area contributed by atoms with Gasteiger partial charge in [0.25, 0.3) is 0 Å². The lowest BCUT2D eigenvalue weighted by molar-refractivity contribution is 0.0592. The van der Waals surface area contributed by atoms with Crippen molar-refractivity contribution in [1.82, 2.24) is 10.2 Å². The van der Waals surface area contributed by atoms with Gasteiger partial charge < -0.3 is 14.7 Å². The molecule has 0 amide bonds. The summed E-state index contributed by atoms with van der Waals surface area (Å²) in [5, 5.41) is 17.1. The number of nitrogens with zero attached hydrogens (tertiary/aromatic N) is 3. The van der Waals surface area contributed by atoms with Gasteiger partial charge in [-0.3, -0.25) is 0 Å². The van der Waals surface area contributed by atoms with E-state index < -0.39 is 5.97 Å². The molecule has 0 aliphatic heterocycles. The maximum absolute atomic E-state index is 11.3. The van der Waals surface area contributed by atoms with Crippen molar-refractivity contribution in [3.8, 4) is 0 Å². The van der Waals surface area contributed by atoms with Gasteiger partial charge in [-0.1, -0.05) is 30.3 Å². The van der Waals surface area contributed by atoms with Gasteiger partial charge in [0, 0.05) is 13.1 Å². The molecule has 0 atom stereocenters. The number of hydrogen-bond acceptors (Lipinski definition) is 6. The highest BCUT2D eigenvalue weighted by Gasteiger charge is 2.12. The summed E-state index contributed by atoms with van der Waals surface area (Å²) in [4.78, 5) is 13.2. The summed E-state index contributed by atoms with van der Waals surface area (Å²) in [5.74, 6) is 0.0753. The minimum Gasteiger partial charge on any atom is -0.464 e. The molecule has 2 rings (SSSR count). The molecule has 1 N–H and O–H groups in total. The fraction of sp³-hybridized carbons (Fsp3) is 0.267. The molecular formula is C15H17N3O3. The molecule has 0 saturated carbocycles. The molecule has 0 bridgehead atoms. The number of aliphatic hydroxyl groups is 1. The van der Waals surface area contributed by atoms with Crippen molar-refractivity contribution >= 4 is 11.8 Å². The molecule has 0 spiro atoms. The van der Waals surface area contributed by atoms with Gasteiger partial charge in [0.2, 0.25) is 0 Å². The summed E-state index contributed by atoms with van der Waals surface area (Å²) in [7, 11) is 1.30. The van der Waals surface area contributed by atoms with E-state index in [4.69, 9.17) is 0 Å². The minimum atomic E-state index is -0.522. The molecule has 0 aliphatic rings. The minimum absolute atomic E-state index is 0.00721. The van der Waals surface area contributed by atoms with Gasteiger partial charge in [-0.15, -0.1) is 10.2 Å². The van der Waals surface area contributed by atoms with Crippen molar-refractivity contribution in [2.24, 2.45) is 0 Å². The standard InChI is InChI=1S/C15H17N3O3/c1-21-15(20)13-7-8-14(17-16-13)18(9-10-19)11-12-5-3-2-4-6-12/h2-8,19H,9-11H2,1H3. The lowest BCUT2D eigenvalue weighted by atomic mass is 10.2. The second-order valence-corrected chi connectivity index (χ2v) is 4.40. The van der Waals surface area contributed by atoms with Crippen molar-refractivity contribution in [1.29, 1.82) is 0 Å². The third-order valence-electron chi connectivity index (χ3n) is 2.96. The summed E-state index contributed by atoms with van der Waals surface area (Å²) in [5.41, 5.74) is 1.26. The van der Waals surface area contributed by atoms with Crippen LogP contribution < -0.4 is 4.90 Å². The predicted octanol–water partition coefficient (Wildman–Crippen LogP) is 1.26. The van der Waals surface area contributed by atoms with E-state index in [9.17, 15) is 9.90 Å². The van der Waals surface area contributed by atoms with Crippen LogP contribution in [0.5, 0.6) is 0 Å². The van der Waals surface area contributed by atoms with Gasteiger partial charge in [-0.25, -0.2) is 4.79 Å². The van der Waals surface area contributed by atoms with E-state index >= 15 is 0 Å². The summed E-state index contributed by atoms with van der Waals surface area (Å²) < 4.78 is 4.58. The largest absolute Gasteiger partial charge is 0.464 e. The normalized spacial score (nSPS) is 10.2. The van der Waals surface area contributed by atoms with Crippen LogP contribution in [0.25, 0.3) is 0 Å². The second-order valence-electron chi connectivity index (χ2n) is 4.40. The number of methoxy groups -OCH3 is 1. The van der Waals surface area contributed by atoms with Crippen LogP contribution in [-0.4, -0.2) is 41.5 Å². The van der Waals surface area contributed by atoms with Crippen LogP contribution in [0.1, 0.15) is 16.1 Å². The maximum atomic E-state index is 11.3. The summed E-state index contributed by atoms with van der Waals surface area (Å²) in [6.45, 7) is 1.04. The van der Waals surface area contributed by atoms with Crippen LogP contribution in [0, 0.1) is 0 Å². The Bertz CT molecular complexity index is 572. The lowest BCUT2D eigenvalue weighted by Gasteiger charge is -2.22. The van der Waals surface area contributed by atoms with E-state index in [1.807, 2.05) is 35.2 Å². The van der Waals surface area contributed by atoms with Crippen molar-refractivity contribution in [2.45, 2.75) is 6.54 Å².